The number of carbonyl (C=O) groups is 2. The number of rotatable bonds is 4. The second-order valence-electron chi connectivity index (χ2n) is 5.84. The van der Waals surface area contributed by atoms with Gasteiger partial charge in [-0.05, 0) is 47.0 Å². The first-order valence-corrected chi connectivity index (χ1v) is 9.98. The maximum Gasteiger partial charge on any atom is 0.274 e. The zero-order valence-corrected chi connectivity index (χ0v) is 15.5. The minimum atomic E-state index is -0.261. The van der Waals surface area contributed by atoms with Gasteiger partial charge in [0.1, 0.15) is 5.70 Å². The Morgan fingerprint density at radius 1 is 1.00 bits per heavy atom. The minimum Gasteiger partial charge on any atom is -0.317 e. The third kappa shape index (κ3) is 3.34. The largest absolute Gasteiger partial charge is 0.317 e. The van der Waals surface area contributed by atoms with Crippen molar-refractivity contribution >= 4 is 46.3 Å². The van der Waals surface area contributed by atoms with Crippen LogP contribution in [0.25, 0.3) is 6.08 Å². The van der Waals surface area contributed by atoms with Crippen LogP contribution >= 0.6 is 22.7 Å². The van der Waals surface area contributed by atoms with Gasteiger partial charge in [0, 0.05) is 17.1 Å². The van der Waals surface area contributed by atoms with E-state index in [-0.39, 0.29) is 11.8 Å². The Labute approximate surface area is 159 Å². The van der Waals surface area contributed by atoms with Crippen LogP contribution in [0, 0.1) is 0 Å². The average Bonchev–Trinajstić information content (AvgIpc) is 3.40. The van der Waals surface area contributed by atoms with Crippen LogP contribution in [-0.4, -0.2) is 18.4 Å². The third-order valence-electron chi connectivity index (χ3n) is 4.19. The van der Waals surface area contributed by atoms with E-state index in [0.29, 0.717) is 17.1 Å². The predicted octanol–water partition coefficient (Wildman–Crippen LogP) is 4.17. The summed E-state index contributed by atoms with van der Waals surface area (Å²) in [6, 6.07) is 15.3. The van der Waals surface area contributed by atoms with Crippen molar-refractivity contribution in [1.29, 1.82) is 0 Å². The fourth-order valence-corrected chi connectivity index (χ4v) is 4.23. The van der Waals surface area contributed by atoms with Gasteiger partial charge in [-0.3, -0.25) is 9.59 Å². The number of carbonyl (C=O) groups excluding carboxylic acids is 2. The van der Waals surface area contributed by atoms with E-state index in [2.05, 4.69) is 5.32 Å². The van der Waals surface area contributed by atoms with Gasteiger partial charge in [-0.2, -0.15) is 0 Å². The van der Waals surface area contributed by atoms with Crippen LogP contribution in [0.2, 0.25) is 0 Å². The van der Waals surface area contributed by atoms with Crippen LogP contribution in [0.5, 0.6) is 0 Å². The molecule has 1 aliphatic heterocycles. The second kappa shape index (κ2) is 7.27. The number of nitrogens with one attached hydrogen (secondary N) is 1. The summed E-state index contributed by atoms with van der Waals surface area (Å²) in [6.07, 6.45) is 2.58. The molecule has 4 nitrogen and oxygen atoms in total. The molecular weight excluding hydrogens is 364 g/mol. The number of para-hydroxylation sites is 1. The highest BCUT2D eigenvalue weighted by Crippen LogP contribution is 2.29. The van der Waals surface area contributed by atoms with Crippen molar-refractivity contribution < 1.29 is 9.59 Å². The first-order valence-electron chi connectivity index (χ1n) is 8.22. The van der Waals surface area contributed by atoms with E-state index in [1.54, 1.807) is 17.0 Å². The molecule has 130 valence electrons. The first kappa shape index (κ1) is 16.8. The average molecular weight is 380 g/mol. The first-order chi connectivity index (χ1) is 12.7. The third-order valence-corrected chi connectivity index (χ3v) is 5.87. The quantitative estimate of drug-likeness (QED) is 0.691. The Balaban J connectivity index is 1.65. The van der Waals surface area contributed by atoms with Crippen molar-refractivity contribution in [3.05, 3.63) is 80.3 Å². The maximum absolute atomic E-state index is 13.2. The van der Waals surface area contributed by atoms with Crippen molar-refractivity contribution in [2.75, 3.05) is 11.4 Å². The molecule has 1 aliphatic rings. The van der Waals surface area contributed by atoms with Crippen LogP contribution in [-0.2, 0) is 11.2 Å². The molecule has 4 rings (SSSR count). The van der Waals surface area contributed by atoms with Crippen LogP contribution in [0.1, 0.15) is 20.1 Å². The molecule has 3 heterocycles. The van der Waals surface area contributed by atoms with Gasteiger partial charge >= 0.3 is 0 Å². The molecule has 0 unspecified atom stereocenters. The molecule has 0 spiro atoms. The number of thiophene rings is 2. The van der Waals surface area contributed by atoms with E-state index >= 15 is 0 Å². The van der Waals surface area contributed by atoms with Crippen molar-refractivity contribution in [2.45, 2.75) is 6.42 Å². The topological polar surface area (TPSA) is 49.4 Å². The molecule has 0 saturated heterocycles. The summed E-state index contributed by atoms with van der Waals surface area (Å²) in [4.78, 5) is 28.9. The van der Waals surface area contributed by atoms with Crippen molar-refractivity contribution in [2.24, 2.45) is 0 Å². The number of nitrogens with zero attached hydrogens (tertiary/aromatic N) is 1. The number of fused-ring (bicyclic) bond motifs is 1. The van der Waals surface area contributed by atoms with E-state index in [4.69, 9.17) is 0 Å². The number of benzene rings is 1. The van der Waals surface area contributed by atoms with E-state index in [9.17, 15) is 9.59 Å². The number of hydrogen-bond acceptors (Lipinski definition) is 4. The van der Waals surface area contributed by atoms with Gasteiger partial charge in [0.15, 0.2) is 0 Å². The lowest BCUT2D eigenvalue weighted by Gasteiger charge is -2.19. The van der Waals surface area contributed by atoms with Crippen molar-refractivity contribution in [3.63, 3.8) is 0 Å². The smallest absolute Gasteiger partial charge is 0.274 e. The Hall–Kier alpha value is -2.70. The summed E-state index contributed by atoms with van der Waals surface area (Å²) in [7, 11) is 0. The molecule has 0 atom stereocenters. The maximum atomic E-state index is 13.2. The molecule has 0 fully saturated rings. The molecule has 1 N–H and O–H groups in total. The lowest BCUT2D eigenvalue weighted by atomic mass is 10.2. The number of anilines is 1. The van der Waals surface area contributed by atoms with Gasteiger partial charge in [0.25, 0.3) is 11.8 Å². The van der Waals surface area contributed by atoms with Crippen LogP contribution in [0.3, 0.4) is 0 Å². The molecule has 3 aromatic rings. The number of hydrogen-bond donors (Lipinski definition) is 1. The summed E-state index contributed by atoms with van der Waals surface area (Å²) in [5.41, 5.74) is 2.36. The molecule has 0 radical (unpaired) electrons. The highest BCUT2D eigenvalue weighted by Gasteiger charge is 2.27. The normalized spacial score (nSPS) is 13.5. The SMILES string of the molecule is O=C(NC(=Cc1cccs1)C(=O)N1CCc2ccccc21)c1cccs1. The summed E-state index contributed by atoms with van der Waals surface area (Å²) in [6.45, 7) is 0.620. The molecule has 0 saturated carbocycles. The van der Waals surface area contributed by atoms with Crippen LogP contribution in [0.15, 0.2) is 65.0 Å². The van der Waals surface area contributed by atoms with E-state index < -0.39 is 0 Å². The van der Waals surface area contributed by atoms with Gasteiger partial charge in [-0.1, -0.05) is 30.3 Å². The minimum absolute atomic E-state index is 0.187. The Morgan fingerprint density at radius 2 is 1.81 bits per heavy atom. The molecule has 2 aromatic heterocycles. The molecule has 1 aromatic carbocycles. The highest BCUT2D eigenvalue weighted by molar-refractivity contribution is 7.12. The van der Waals surface area contributed by atoms with Gasteiger partial charge in [-0.25, -0.2) is 0 Å². The fraction of sp³-hybridized carbons (Fsp3) is 0.100. The Kier molecular flexibility index (Phi) is 4.69. The zero-order valence-electron chi connectivity index (χ0n) is 13.8. The molecule has 26 heavy (non-hydrogen) atoms. The molecule has 6 heteroatoms. The Morgan fingerprint density at radius 3 is 2.58 bits per heavy atom. The molecule has 0 bridgehead atoms. The summed E-state index contributed by atoms with van der Waals surface area (Å²) < 4.78 is 0. The van der Waals surface area contributed by atoms with E-state index in [1.165, 1.54) is 22.7 Å². The van der Waals surface area contributed by atoms with Crippen LogP contribution < -0.4 is 10.2 Å². The molecule has 0 aliphatic carbocycles. The van der Waals surface area contributed by atoms with Gasteiger partial charge < -0.3 is 10.2 Å². The summed E-state index contributed by atoms with van der Waals surface area (Å²) in [5, 5.41) is 6.60. The second-order valence-corrected chi connectivity index (χ2v) is 7.77. The van der Waals surface area contributed by atoms with Gasteiger partial charge in [0.05, 0.1) is 4.88 Å². The summed E-state index contributed by atoms with van der Waals surface area (Å²) in [5.74, 6) is -0.447. The van der Waals surface area contributed by atoms with E-state index in [1.807, 2.05) is 53.2 Å². The van der Waals surface area contributed by atoms with E-state index in [0.717, 1.165) is 22.5 Å². The van der Waals surface area contributed by atoms with Crippen molar-refractivity contribution in [3.8, 4) is 0 Å². The lowest BCUT2D eigenvalue weighted by molar-refractivity contribution is -0.115. The Bertz CT molecular complexity index is 960. The fourth-order valence-electron chi connectivity index (χ4n) is 2.95. The monoisotopic (exact) mass is 380 g/mol. The standard InChI is InChI=1S/C20H16N2O2S2/c23-19(18-8-4-12-26-18)21-16(13-15-6-3-11-25-15)20(24)22-10-9-14-5-1-2-7-17(14)22/h1-8,11-13H,9-10H2,(H,21,23). The van der Waals surface area contributed by atoms with Crippen molar-refractivity contribution in [1.82, 2.24) is 5.32 Å². The zero-order chi connectivity index (χ0) is 17.9. The highest BCUT2D eigenvalue weighted by atomic mass is 32.1. The predicted molar refractivity (Wildman–Crippen MR) is 107 cm³/mol. The number of amides is 2. The van der Waals surface area contributed by atoms with Gasteiger partial charge in [0.2, 0.25) is 0 Å². The molecule has 2 amide bonds. The summed E-state index contributed by atoms with van der Waals surface area (Å²) >= 11 is 2.88. The lowest BCUT2D eigenvalue weighted by Crippen LogP contribution is -2.37. The van der Waals surface area contributed by atoms with Crippen LogP contribution in [0.4, 0.5) is 5.69 Å². The molecular formula is C20H16N2O2S2. The van der Waals surface area contributed by atoms with Gasteiger partial charge in [-0.15, -0.1) is 22.7 Å².